The van der Waals surface area contributed by atoms with Crippen LogP contribution in [0.1, 0.15) is 24.5 Å². The summed E-state index contributed by atoms with van der Waals surface area (Å²) in [5, 5.41) is 5.96. The molecule has 0 bridgehead atoms. The molecule has 4 aromatic rings. The standard InChI is InChI=1S/C17H15F4N9/c1-8(13-22-4-9(18)5-23-13)25-16-28-14-10(3-11(26-14)17(19,20)21)15(29-16)27-12-6-30(2)7-24-12/h3-8H,1-2H3,(H3,25,26,27,28,29)/t8-/m0/s1. The van der Waals surface area contributed by atoms with Crippen LogP contribution >= 0.6 is 0 Å². The maximum atomic E-state index is 13.2. The molecule has 0 amide bonds. The Bertz CT molecular complexity index is 1180. The molecule has 0 fully saturated rings. The fourth-order valence-electron chi connectivity index (χ4n) is 2.72. The number of aromatic nitrogens is 7. The number of nitrogens with zero attached hydrogens (tertiary/aromatic N) is 6. The summed E-state index contributed by atoms with van der Waals surface area (Å²) in [5.41, 5.74) is -0.978. The molecule has 0 saturated heterocycles. The zero-order chi connectivity index (χ0) is 21.5. The minimum atomic E-state index is -4.58. The van der Waals surface area contributed by atoms with Crippen LogP contribution in [0.4, 0.5) is 35.1 Å². The van der Waals surface area contributed by atoms with Crippen LogP contribution in [0.2, 0.25) is 0 Å². The lowest BCUT2D eigenvalue weighted by molar-refractivity contribution is -0.140. The highest BCUT2D eigenvalue weighted by atomic mass is 19.4. The van der Waals surface area contributed by atoms with Gasteiger partial charge in [0.2, 0.25) is 5.95 Å². The van der Waals surface area contributed by atoms with E-state index in [1.807, 2.05) is 0 Å². The van der Waals surface area contributed by atoms with Gasteiger partial charge in [-0.3, -0.25) is 0 Å². The Balaban J connectivity index is 1.72. The molecule has 0 spiro atoms. The van der Waals surface area contributed by atoms with Crippen LogP contribution in [0.25, 0.3) is 11.0 Å². The third kappa shape index (κ3) is 3.99. The number of aromatic amines is 1. The highest BCUT2D eigenvalue weighted by Crippen LogP contribution is 2.34. The van der Waals surface area contributed by atoms with E-state index in [9.17, 15) is 17.6 Å². The van der Waals surface area contributed by atoms with Crippen LogP contribution < -0.4 is 10.6 Å². The number of imidazole rings is 1. The molecule has 0 radical (unpaired) electrons. The first-order chi connectivity index (χ1) is 14.2. The van der Waals surface area contributed by atoms with Gasteiger partial charge in [-0.2, -0.15) is 23.1 Å². The van der Waals surface area contributed by atoms with Crippen LogP contribution in [0.15, 0.2) is 31.0 Å². The van der Waals surface area contributed by atoms with E-state index >= 15 is 0 Å². The summed E-state index contributed by atoms with van der Waals surface area (Å²) in [6, 6.07) is 0.388. The van der Waals surface area contributed by atoms with Gasteiger partial charge in [0, 0.05) is 13.2 Å². The van der Waals surface area contributed by atoms with Gasteiger partial charge < -0.3 is 20.2 Å². The average Bonchev–Trinajstić information content (AvgIpc) is 3.28. The second kappa shape index (κ2) is 7.24. The smallest absolute Gasteiger partial charge is 0.344 e. The zero-order valence-electron chi connectivity index (χ0n) is 15.7. The number of fused-ring (bicyclic) bond motifs is 1. The first kappa shape index (κ1) is 19.5. The molecule has 0 aliphatic rings. The number of hydrogen-bond donors (Lipinski definition) is 3. The summed E-state index contributed by atoms with van der Waals surface area (Å²) in [4.78, 5) is 22.5. The SMILES string of the molecule is C[C@H](Nc1nc(Nc2cn(C)cn2)c2cc(C(F)(F)F)[nH]c2n1)c1ncc(F)cn1. The van der Waals surface area contributed by atoms with Gasteiger partial charge in [0.1, 0.15) is 28.8 Å². The van der Waals surface area contributed by atoms with Gasteiger partial charge in [0.15, 0.2) is 5.82 Å². The third-order valence-electron chi connectivity index (χ3n) is 4.12. The Morgan fingerprint density at radius 3 is 2.50 bits per heavy atom. The van der Waals surface area contributed by atoms with Crippen LogP contribution in [0.5, 0.6) is 0 Å². The molecule has 4 heterocycles. The van der Waals surface area contributed by atoms with E-state index in [1.54, 1.807) is 24.7 Å². The maximum Gasteiger partial charge on any atom is 0.431 e. The Labute approximate surface area is 166 Å². The van der Waals surface area contributed by atoms with Crippen molar-refractivity contribution >= 4 is 28.6 Å². The Kier molecular flexibility index (Phi) is 4.72. The molecular weight excluding hydrogens is 406 g/mol. The number of anilines is 3. The van der Waals surface area contributed by atoms with Crippen molar-refractivity contribution in [3.8, 4) is 0 Å². The van der Waals surface area contributed by atoms with Crippen molar-refractivity contribution in [1.29, 1.82) is 0 Å². The molecule has 4 aromatic heterocycles. The number of aryl methyl sites for hydroxylation is 1. The fraction of sp³-hybridized carbons (Fsp3) is 0.235. The van der Waals surface area contributed by atoms with Crippen molar-refractivity contribution in [2.45, 2.75) is 19.1 Å². The van der Waals surface area contributed by atoms with Crippen molar-refractivity contribution in [1.82, 2.24) is 34.5 Å². The molecule has 0 aliphatic heterocycles. The van der Waals surface area contributed by atoms with E-state index < -0.39 is 23.7 Å². The second-order valence-electron chi connectivity index (χ2n) is 6.51. The molecule has 0 aromatic carbocycles. The van der Waals surface area contributed by atoms with Crippen LogP contribution in [0.3, 0.4) is 0 Å². The largest absolute Gasteiger partial charge is 0.431 e. The highest BCUT2D eigenvalue weighted by Gasteiger charge is 2.33. The van der Waals surface area contributed by atoms with Crippen molar-refractivity contribution in [2.24, 2.45) is 7.05 Å². The van der Waals surface area contributed by atoms with Gasteiger partial charge in [0.05, 0.1) is 30.1 Å². The Morgan fingerprint density at radius 2 is 1.87 bits per heavy atom. The van der Waals surface area contributed by atoms with E-state index in [1.165, 1.54) is 6.33 Å². The molecule has 0 saturated carbocycles. The lowest BCUT2D eigenvalue weighted by atomic mass is 10.3. The van der Waals surface area contributed by atoms with Gasteiger partial charge in [-0.1, -0.05) is 0 Å². The number of H-pyrrole nitrogens is 1. The quantitative estimate of drug-likeness (QED) is 0.423. The van der Waals surface area contributed by atoms with E-state index in [0.717, 1.165) is 18.5 Å². The predicted molar refractivity (Wildman–Crippen MR) is 99.4 cm³/mol. The number of halogens is 4. The molecule has 13 heteroatoms. The molecule has 1 atom stereocenters. The number of rotatable bonds is 5. The summed E-state index contributed by atoms with van der Waals surface area (Å²) in [6.07, 6.45) is 0.629. The zero-order valence-corrected chi connectivity index (χ0v) is 15.7. The van der Waals surface area contributed by atoms with Crippen LogP contribution in [-0.2, 0) is 13.2 Å². The minimum absolute atomic E-state index is 0.0227. The van der Waals surface area contributed by atoms with Crippen LogP contribution in [-0.4, -0.2) is 34.5 Å². The van der Waals surface area contributed by atoms with Crippen LogP contribution in [0, 0.1) is 5.82 Å². The lowest BCUT2D eigenvalue weighted by Gasteiger charge is -2.13. The first-order valence-electron chi connectivity index (χ1n) is 8.66. The summed E-state index contributed by atoms with van der Waals surface area (Å²) in [5.74, 6) is 0.226. The molecule has 4 rings (SSSR count). The van der Waals surface area contributed by atoms with Gasteiger partial charge in [-0.05, 0) is 13.0 Å². The lowest BCUT2D eigenvalue weighted by Crippen LogP contribution is -2.13. The van der Waals surface area contributed by atoms with E-state index in [4.69, 9.17) is 0 Å². The van der Waals surface area contributed by atoms with E-state index in [2.05, 4.69) is 40.5 Å². The molecule has 156 valence electrons. The maximum absolute atomic E-state index is 13.2. The molecule has 9 nitrogen and oxygen atoms in total. The number of alkyl halides is 3. The molecule has 3 N–H and O–H groups in total. The fourth-order valence-corrected chi connectivity index (χ4v) is 2.72. The molecule has 0 aliphatic carbocycles. The minimum Gasteiger partial charge on any atom is -0.344 e. The van der Waals surface area contributed by atoms with Gasteiger partial charge in [-0.15, -0.1) is 0 Å². The van der Waals surface area contributed by atoms with Crippen molar-refractivity contribution in [3.05, 3.63) is 48.3 Å². The summed E-state index contributed by atoms with van der Waals surface area (Å²) >= 11 is 0. The normalized spacial score (nSPS) is 12.9. The van der Waals surface area contributed by atoms with E-state index in [0.29, 0.717) is 5.82 Å². The Hall–Kier alpha value is -3.77. The van der Waals surface area contributed by atoms with Gasteiger partial charge >= 0.3 is 6.18 Å². The van der Waals surface area contributed by atoms with Crippen molar-refractivity contribution < 1.29 is 17.6 Å². The van der Waals surface area contributed by atoms with Gasteiger partial charge in [0.25, 0.3) is 0 Å². The van der Waals surface area contributed by atoms with E-state index in [-0.39, 0.29) is 28.6 Å². The Morgan fingerprint density at radius 1 is 1.13 bits per heavy atom. The monoisotopic (exact) mass is 421 g/mol. The number of nitrogens with one attached hydrogen (secondary N) is 3. The molecular formula is C17H15F4N9. The highest BCUT2D eigenvalue weighted by molar-refractivity contribution is 5.90. The topological polar surface area (TPSA) is 109 Å². The molecule has 0 unspecified atom stereocenters. The van der Waals surface area contributed by atoms with Crippen molar-refractivity contribution in [3.63, 3.8) is 0 Å². The average molecular weight is 421 g/mol. The van der Waals surface area contributed by atoms with Crippen molar-refractivity contribution in [2.75, 3.05) is 10.6 Å². The first-order valence-corrected chi connectivity index (χ1v) is 8.66. The predicted octanol–water partition coefficient (Wildman–Crippen LogP) is 3.56. The summed E-state index contributed by atoms with van der Waals surface area (Å²) in [7, 11) is 1.75. The number of hydrogen-bond acceptors (Lipinski definition) is 7. The molecule has 30 heavy (non-hydrogen) atoms. The third-order valence-corrected chi connectivity index (χ3v) is 4.12. The van der Waals surface area contributed by atoms with Gasteiger partial charge in [-0.25, -0.2) is 19.3 Å². The summed E-state index contributed by atoms with van der Waals surface area (Å²) in [6.45, 7) is 1.68. The summed E-state index contributed by atoms with van der Waals surface area (Å²) < 4.78 is 54.2. The second-order valence-corrected chi connectivity index (χ2v) is 6.51.